The van der Waals surface area contributed by atoms with Crippen LogP contribution in [0.1, 0.15) is 17.4 Å². The topological polar surface area (TPSA) is 77.4 Å². The van der Waals surface area contributed by atoms with Gasteiger partial charge in [0, 0.05) is 19.3 Å². The van der Waals surface area contributed by atoms with Crippen molar-refractivity contribution in [2.24, 2.45) is 7.05 Å². The number of nitrogens with zero attached hydrogens (tertiary/aromatic N) is 1. The van der Waals surface area contributed by atoms with Gasteiger partial charge >= 0.3 is 5.97 Å². The summed E-state index contributed by atoms with van der Waals surface area (Å²) in [6.45, 7) is 1.17. The van der Waals surface area contributed by atoms with Gasteiger partial charge in [-0.3, -0.25) is 14.9 Å². The predicted molar refractivity (Wildman–Crippen MR) is 63.7 cm³/mol. The Balaban J connectivity index is 2.44. The summed E-state index contributed by atoms with van der Waals surface area (Å²) < 4.78 is 6.17. The van der Waals surface area contributed by atoms with E-state index >= 15 is 0 Å². The van der Waals surface area contributed by atoms with Crippen molar-refractivity contribution >= 4 is 17.8 Å². The van der Waals surface area contributed by atoms with Crippen molar-refractivity contribution in [2.45, 2.75) is 6.92 Å². The zero-order valence-electron chi connectivity index (χ0n) is 10.2. The molecule has 1 aromatic heterocycles. The number of hydrogen-bond donors (Lipinski definition) is 1. The molecule has 2 amide bonds. The monoisotopic (exact) mass is 250 g/mol. The largest absolute Gasteiger partial charge is 0.452 e. The Morgan fingerprint density at radius 3 is 2.72 bits per heavy atom. The van der Waals surface area contributed by atoms with Crippen LogP contribution in [0, 0.1) is 0 Å². The maximum atomic E-state index is 11.6. The normalized spacial score (nSPS) is 10.3. The molecule has 0 aliphatic rings. The minimum absolute atomic E-state index is 0.350. The van der Waals surface area contributed by atoms with E-state index in [2.05, 4.69) is 10.1 Å². The van der Waals surface area contributed by atoms with E-state index in [1.807, 2.05) is 0 Å². The van der Waals surface area contributed by atoms with Crippen molar-refractivity contribution in [2.75, 3.05) is 6.61 Å². The maximum Gasteiger partial charge on any atom is 0.330 e. The Labute approximate surface area is 104 Å². The number of aromatic nitrogens is 1. The molecule has 1 heterocycles. The third-order valence-corrected chi connectivity index (χ3v) is 2.08. The Morgan fingerprint density at radius 2 is 2.17 bits per heavy atom. The first kappa shape index (κ1) is 13.7. The van der Waals surface area contributed by atoms with Gasteiger partial charge in [0.05, 0.1) is 0 Å². The molecule has 0 aromatic carbocycles. The first-order valence-corrected chi connectivity index (χ1v) is 5.29. The Morgan fingerprint density at radius 1 is 1.44 bits per heavy atom. The number of amides is 2. The number of hydrogen-bond acceptors (Lipinski definition) is 4. The lowest BCUT2D eigenvalue weighted by Gasteiger charge is -2.05. The second kappa shape index (κ2) is 6.39. The number of carbonyl (C=O) groups excluding carboxylic acids is 3. The van der Waals surface area contributed by atoms with Crippen LogP contribution < -0.4 is 5.32 Å². The van der Waals surface area contributed by atoms with Gasteiger partial charge in [-0.1, -0.05) is 6.08 Å². The average molecular weight is 250 g/mol. The standard InChI is InChI=1S/C12H14N2O4/c1-3-5-11(16)18-8-10(15)13-12(17)9-6-4-7-14(9)2/h3-7H,8H2,1-2H3,(H,13,15,17)/b5-3+. The summed E-state index contributed by atoms with van der Waals surface area (Å²) in [7, 11) is 1.69. The van der Waals surface area contributed by atoms with Crippen molar-refractivity contribution in [1.82, 2.24) is 9.88 Å². The van der Waals surface area contributed by atoms with Gasteiger partial charge in [-0.25, -0.2) is 4.79 Å². The summed E-state index contributed by atoms with van der Waals surface area (Å²) in [5, 5.41) is 2.12. The van der Waals surface area contributed by atoms with Gasteiger partial charge in [0.25, 0.3) is 11.8 Å². The van der Waals surface area contributed by atoms with Gasteiger partial charge in [-0.05, 0) is 19.1 Å². The Kier molecular flexibility index (Phi) is 4.86. The summed E-state index contributed by atoms with van der Waals surface area (Å²) in [6.07, 6.45) is 4.37. The molecule has 6 heteroatoms. The van der Waals surface area contributed by atoms with Crippen molar-refractivity contribution in [3.05, 3.63) is 36.2 Å². The number of imide groups is 1. The molecule has 6 nitrogen and oxygen atoms in total. The number of ether oxygens (including phenoxy) is 1. The minimum atomic E-state index is -0.668. The molecule has 0 unspecified atom stereocenters. The molecular weight excluding hydrogens is 236 g/mol. The highest BCUT2D eigenvalue weighted by Gasteiger charge is 2.13. The molecular formula is C12H14N2O4. The first-order chi connectivity index (χ1) is 8.54. The number of aryl methyl sites for hydroxylation is 1. The molecule has 0 aliphatic carbocycles. The van der Waals surface area contributed by atoms with Crippen LogP contribution in [0.5, 0.6) is 0 Å². The van der Waals surface area contributed by atoms with E-state index in [-0.39, 0.29) is 0 Å². The summed E-state index contributed by atoms with van der Waals surface area (Å²) in [5.41, 5.74) is 0.350. The summed E-state index contributed by atoms with van der Waals surface area (Å²) >= 11 is 0. The Hall–Kier alpha value is -2.37. The van der Waals surface area contributed by atoms with Gasteiger partial charge in [0.2, 0.25) is 0 Å². The fraction of sp³-hybridized carbons (Fsp3) is 0.250. The smallest absolute Gasteiger partial charge is 0.330 e. The fourth-order valence-corrected chi connectivity index (χ4v) is 1.24. The molecule has 0 fully saturated rings. The van der Waals surface area contributed by atoms with Crippen molar-refractivity contribution < 1.29 is 19.1 Å². The molecule has 1 N–H and O–H groups in total. The third-order valence-electron chi connectivity index (χ3n) is 2.08. The second-order valence-electron chi connectivity index (χ2n) is 3.49. The lowest BCUT2D eigenvalue weighted by Crippen LogP contribution is -2.34. The Bertz CT molecular complexity index is 488. The molecule has 96 valence electrons. The van der Waals surface area contributed by atoms with Gasteiger partial charge in [0.1, 0.15) is 5.69 Å². The number of nitrogens with one attached hydrogen (secondary N) is 1. The van der Waals surface area contributed by atoms with Crippen LogP contribution in [0.25, 0.3) is 0 Å². The molecule has 0 bridgehead atoms. The van der Waals surface area contributed by atoms with Gasteiger partial charge < -0.3 is 9.30 Å². The highest BCUT2D eigenvalue weighted by atomic mass is 16.5. The zero-order valence-corrected chi connectivity index (χ0v) is 10.2. The summed E-state index contributed by atoms with van der Waals surface area (Å²) in [5.74, 6) is -1.83. The second-order valence-corrected chi connectivity index (χ2v) is 3.49. The number of allylic oxidation sites excluding steroid dienone is 1. The lowest BCUT2D eigenvalue weighted by molar-refractivity contribution is -0.143. The minimum Gasteiger partial charge on any atom is -0.452 e. The summed E-state index contributed by atoms with van der Waals surface area (Å²) in [4.78, 5) is 33.9. The van der Waals surface area contributed by atoms with Crippen LogP contribution in [0.2, 0.25) is 0 Å². The third kappa shape index (κ3) is 3.89. The van der Waals surface area contributed by atoms with Crippen molar-refractivity contribution in [3.8, 4) is 0 Å². The van der Waals surface area contributed by atoms with E-state index in [0.29, 0.717) is 5.69 Å². The van der Waals surface area contributed by atoms with Crippen LogP contribution >= 0.6 is 0 Å². The first-order valence-electron chi connectivity index (χ1n) is 5.29. The SMILES string of the molecule is C/C=C/C(=O)OCC(=O)NC(=O)c1cccn1C. The number of esters is 1. The lowest BCUT2D eigenvalue weighted by atomic mass is 10.4. The molecule has 1 aromatic rings. The van der Waals surface area contributed by atoms with Gasteiger partial charge in [0.15, 0.2) is 6.61 Å². The van der Waals surface area contributed by atoms with Crippen LogP contribution in [0.3, 0.4) is 0 Å². The fourth-order valence-electron chi connectivity index (χ4n) is 1.24. The summed E-state index contributed by atoms with van der Waals surface area (Å²) in [6, 6.07) is 3.26. The molecule has 0 aliphatic heterocycles. The number of carbonyl (C=O) groups is 3. The molecule has 0 atom stereocenters. The van der Waals surface area contributed by atoms with E-state index < -0.39 is 24.4 Å². The van der Waals surface area contributed by atoms with Crippen molar-refractivity contribution in [1.29, 1.82) is 0 Å². The van der Waals surface area contributed by atoms with Gasteiger partial charge in [-0.2, -0.15) is 0 Å². The highest BCUT2D eigenvalue weighted by molar-refractivity contribution is 6.04. The van der Waals surface area contributed by atoms with E-state index in [9.17, 15) is 14.4 Å². The van der Waals surface area contributed by atoms with Crippen molar-refractivity contribution in [3.63, 3.8) is 0 Å². The predicted octanol–water partition coefficient (Wildman–Crippen LogP) is 0.401. The van der Waals surface area contributed by atoms with Crippen LogP contribution in [-0.2, 0) is 21.4 Å². The van der Waals surface area contributed by atoms with Crippen LogP contribution in [0.15, 0.2) is 30.5 Å². The molecule has 0 saturated carbocycles. The van der Waals surface area contributed by atoms with Gasteiger partial charge in [-0.15, -0.1) is 0 Å². The average Bonchev–Trinajstić information content (AvgIpc) is 2.73. The van der Waals surface area contributed by atoms with E-state index in [4.69, 9.17) is 0 Å². The quantitative estimate of drug-likeness (QED) is 0.620. The molecule has 18 heavy (non-hydrogen) atoms. The molecule has 0 saturated heterocycles. The maximum absolute atomic E-state index is 11.6. The van der Waals surface area contributed by atoms with E-state index in [1.165, 1.54) is 12.2 Å². The molecule has 1 rings (SSSR count). The van der Waals surface area contributed by atoms with E-state index in [1.54, 1.807) is 36.9 Å². The molecule has 0 spiro atoms. The van der Waals surface area contributed by atoms with Crippen LogP contribution in [0.4, 0.5) is 0 Å². The van der Waals surface area contributed by atoms with E-state index in [0.717, 1.165) is 0 Å². The highest BCUT2D eigenvalue weighted by Crippen LogP contribution is 1.98. The number of rotatable bonds is 4. The van der Waals surface area contributed by atoms with Crippen LogP contribution in [-0.4, -0.2) is 29.0 Å². The molecule has 0 radical (unpaired) electrons. The zero-order chi connectivity index (χ0) is 13.5.